The second-order valence-corrected chi connectivity index (χ2v) is 12.5. The summed E-state index contributed by atoms with van der Waals surface area (Å²) in [4.78, 5) is 31.8. The molecular formula is C33H30Br2N2O7S. The Morgan fingerprint density at radius 2 is 1.69 bits per heavy atom. The Balaban J connectivity index is 1.56. The first-order valence-electron chi connectivity index (χ1n) is 14.0. The van der Waals surface area contributed by atoms with Crippen LogP contribution in [0.1, 0.15) is 36.6 Å². The number of benzene rings is 3. The Morgan fingerprint density at radius 1 is 0.956 bits per heavy atom. The van der Waals surface area contributed by atoms with Crippen molar-refractivity contribution < 1.29 is 28.5 Å². The fraction of sp³-hybridized carbons (Fsp3) is 0.242. The summed E-state index contributed by atoms with van der Waals surface area (Å²) in [6.07, 6.45) is 3.22. The highest BCUT2D eigenvalue weighted by molar-refractivity contribution is 9.10. The van der Waals surface area contributed by atoms with Gasteiger partial charge in [-0.3, -0.25) is 9.36 Å². The molecular weight excluding hydrogens is 728 g/mol. The van der Waals surface area contributed by atoms with E-state index in [0.717, 1.165) is 10.0 Å². The van der Waals surface area contributed by atoms with Crippen LogP contribution in [0, 0.1) is 0 Å². The lowest BCUT2D eigenvalue weighted by Crippen LogP contribution is -2.39. The maximum Gasteiger partial charge on any atom is 0.337 e. The van der Waals surface area contributed by atoms with E-state index < -0.39 is 12.0 Å². The summed E-state index contributed by atoms with van der Waals surface area (Å²) < 4.78 is 31.9. The zero-order valence-corrected chi connectivity index (χ0v) is 29.0. The zero-order chi connectivity index (χ0) is 32.1. The molecule has 0 fully saturated rings. The molecule has 45 heavy (non-hydrogen) atoms. The Morgan fingerprint density at radius 3 is 2.38 bits per heavy atom. The molecule has 1 aliphatic heterocycles. The second kappa shape index (κ2) is 14.5. The number of halogens is 2. The Hall–Kier alpha value is -3.87. The van der Waals surface area contributed by atoms with Crippen molar-refractivity contribution in [2.45, 2.75) is 26.5 Å². The number of nitrogens with zero attached hydrogens (tertiary/aromatic N) is 2. The number of ether oxygens (including phenoxy) is 5. The average Bonchev–Trinajstić information content (AvgIpc) is 3.35. The van der Waals surface area contributed by atoms with Gasteiger partial charge >= 0.3 is 5.97 Å². The molecule has 1 aromatic heterocycles. The fourth-order valence-corrected chi connectivity index (χ4v) is 6.65. The second-order valence-electron chi connectivity index (χ2n) is 9.70. The van der Waals surface area contributed by atoms with Gasteiger partial charge < -0.3 is 23.7 Å². The van der Waals surface area contributed by atoms with Crippen LogP contribution in [0.2, 0.25) is 0 Å². The van der Waals surface area contributed by atoms with Crippen molar-refractivity contribution in [3.8, 4) is 23.0 Å². The van der Waals surface area contributed by atoms with Crippen LogP contribution in [0.5, 0.6) is 23.0 Å². The van der Waals surface area contributed by atoms with Crippen LogP contribution >= 0.6 is 43.2 Å². The topological polar surface area (TPSA) is 97.6 Å². The molecule has 1 aliphatic rings. The smallest absolute Gasteiger partial charge is 0.337 e. The minimum Gasteiger partial charge on any atom is -0.493 e. The number of fused-ring (bicyclic) bond motifs is 1. The molecule has 0 unspecified atom stereocenters. The number of aromatic nitrogens is 1. The minimum atomic E-state index is -0.790. The van der Waals surface area contributed by atoms with Crippen LogP contribution in [0.3, 0.4) is 0 Å². The summed E-state index contributed by atoms with van der Waals surface area (Å²) in [5.74, 6) is 1.55. The van der Waals surface area contributed by atoms with Gasteiger partial charge in [0.05, 0.1) is 48.1 Å². The monoisotopic (exact) mass is 756 g/mol. The van der Waals surface area contributed by atoms with Crippen LogP contribution in [-0.2, 0) is 16.1 Å². The number of methoxy groups -OCH3 is 2. The van der Waals surface area contributed by atoms with Crippen LogP contribution in [0.4, 0.5) is 0 Å². The van der Waals surface area contributed by atoms with Gasteiger partial charge in [-0.2, -0.15) is 0 Å². The molecule has 3 aromatic carbocycles. The minimum absolute atomic E-state index is 0.222. The Labute approximate surface area is 280 Å². The van der Waals surface area contributed by atoms with Crippen molar-refractivity contribution in [2.24, 2.45) is 4.99 Å². The van der Waals surface area contributed by atoms with E-state index in [4.69, 9.17) is 23.7 Å². The summed E-state index contributed by atoms with van der Waals surface area (Å²) in [6.45, 7) is 4.98. The van der Waals surface area contributed by atoms with Gasteiger partial charge in [0.2, 0.25) is 0 Å². The SMILES string of the molecule is CCOc1ccc([C@H]2C(C(=O)OC)=CN=c3s/c(=C\c4cc(Br)c(OCc5ccc(Br)cc5)c(OC)c4)c(=O)n32)cc1OCC. The summed E-state index contributed by atoms with van der Waals surface area (Å²) in [5, 5.41) is 0. The molecule has 2 heterocycles. The summed E-state index contributed by atoms with van der Waals surface area (Å²) >= 11 is 8.27. The Bertz CT molecular complexity index is 1930. The molecule has 0 spiro atoms. The van der Waals surface area contributed by atoms with Gasteiger partial charge in [-0.15, -0.1) is 0 Å². The first-order chi connectivity index (χ1) is 21.8. The normalized spacial score (nSPS) is 14.2. The lowest BCUT2D eigenvalue weighted by atomic mass is 9.97. The van der Waals surface area contributed by atoms with Gasteiger partial charge in [0.1, 0.15) is 6.61 Å². The third-order valence-electron chi connectivity index (χ3n) is 6.85. The quantitative estimate of drug-likeness (QED) is 0.175. The highest BCUT2D eigenvalue weighted by Crippen LogP contribution is 2.38. The van der Waals surface area contributed by atoms with Crippen molar-refractivity contribution >= 4 is 55.2 Å². The Kier molecular flexibility index (Phi) is 10.5. The van der Waals surface area contributed by atoms with Crippen LogP contribution < -0.4 is 33.8 Å². The van der Waals surface area contributed by atoms with Gasteiger partial charge in [0, 0.05) is 10.7 Å². The molecule has 0 bridgehead atoms. The van der Waals surface area contributed by atoms with Crippen molar-refractivity contribution in [1.82, 2.24) is 4.57 Å². The third-order valence-corrected chi connectivity index (χ3v) is 8.97. The van der Waals surface area contributed by atoms with E-state index in [-0.39, 0.29) is 11.1 Å². The van der Waals surface area contributed by atoms with Crippen molar-refractivity contribution in [1.29, 1.82) is 0 Å². The zero-order valence-electron chi connectivity index (χ0n) is 25.0. The molecule has 1 atom stereocenters. The van der Waals surface area contributed by atoms with Gasteiger partial charge in [-0.25, -0.2) is 9.79 Å². The number of esters is 1. The van der Waals surface area contributed by atoms with E-state index in [2.05, 4.69) is 36.9 Å². The summed E-state index contributed by atoms with van der Waals surface area (Å²) in [7, 11) is 2.86. The molecule has 0 N–H and O–H groups in total. The number of thiazole rings is 1. The van der Waals surface area contributed by atoms with E-state index in [1.807, 2.05) is 50.2 Å². The van der Waals surface area contributed by atoms with E-state index in [0.29, 0.717) is 67.8 Å². The maximum absolute atomic E-state index is 14.0. The highest BCUT2D eigenvalue weighted by atomic mass is 79.9. The number of rotatable bonds is 11. The van der Waals surface area contributed by atoms with Crippen LogP contribution in [0.25, 0.3) is 6.08 Å². The number of hydrogen-bond acceptors (Lipinski definition) is 9. The molecule has 4 aromatic rings. The molecule has 12 heteroatoms. The largest absolute Gasteiger partial charge is 0.493 e. The van der Waals surface area contributed by atoms with E-state index >= 15 is 0 Å². The maximum atomic E-state index is 14.0. The van der Waals surface area contributed by atoms with Crippen molar-refractivity contribution in [3.05, 3.63) is 112 Å². The number of carbonyl (C=O) groups is 1. The standard InChI is InChI=1S/C33H30Br2N2O7S/c1-5-42-25-12-9-21(16-26(25)43-6-2)29-23(32(39)41-4)17-36-33-37(29)31(38)28(45-33)15-20-13-24(35)30(27(14-20)40-3)44-18-19-7-10-22(34)11-8-19/h7-17,29H,5-6,18H2,1-4H3/b28-15-/t29-/m0/s1. The number of carbonyl (C=O) groups excluding carboxylic acids is 1. The first-order valence-corrected chi connectivity index (χ1v) is 16.4. The molecule has 0 radical (unpaired) electrons. The van der Waals surface area contributed by atoms with E-state index in [1.165, 1.54) is 29.2 Å². The van der Waals surface area contributed by atoms with Gasteiger partial charge in [-0.05, 0) is 88.9 Å². The van der Waals surface area contributed by atoms with Crippen LogP contribution in [-0.4, -0.2) is 38.0 Å². The molecule has 234 valence electrons. The van der Waals surface area contributed by atoms with E-state index in [1.54, 1.807) is 31.4 Å². The fourth-order valence-electron chi connectivity index (χ4n) is 4.84. The molecule has 0 amide bonds. The predicted octanol–water partition coefficient (Wildman–Crippen LogP) is 5.93. The lowest BCUT2D eigenvalue weighted by Gasteiger charge is -2.23. The van der Waals surface area contributed by atoms with E-state index in [9.17, 15) is 9.59 Å². The van der Waals surface area contributed by atoms with Crippen molar-refractivity contribution in [2.75, 3.05) is 27.4 Å². The highest BCUT2D eigenvalue weighted by Gasteiger charge is 2.31. The third kappa shape index (κ3) is 7.03. The molecule has 9 nitrogen and oxygen atoms in total. The molecule has 5 rings (SSSR count). The summed E-state index contributed by atoms with van der Waals surface area (Å²) in [5.41, 5.74) is 2.27. The average molecular weight is 758 g/mol. The molecule has 0 saturated heterocycles. The lowest BCUT2D eigenvalue weighted by molar-refractivity contribution is -0.136. The van der Waals surface area contributed by atoms with Crippen molar-refractivity contribution in [3.63, 3.8) is 0 Å². The van der Waals surface area contributed by atoms with Gasteiger partial charge in [0.25, 0.3) is 5.56 Å². The van der Waals surface area contributed by atoms with Gasteiger partial charge in [0.15, 0.2) is 27.8 Å². The van der Waals surface area contributed by atoms with Gasteiger partial charge in [-0.1, -0.05) is 45.5 Å². The summed E-state index contributed by atoms with van der Waals surface area (Å²) in [6, 6.07) is 16.1. The first kappa shape index (κ1) is 32.5. The molecule has 0 aliphatic carbocycles. The number of hydrogen-bond donors (Lipinski definition) is 0. The predicted molar refractivity (Wildman–Crippen MR) is 179 cm³/mol. The molecule has 0 saturated carbocycles. The van der Waals surface area contributed by atoms with Crippen LogP contribution in [0.15, 0.2) is 85.1 Å².